The molecule has 0 aliphatic heterocycles. The quantitative estimate of drug-likeness (QED) is 0.0898. The molecule has 0 unspecified atom stereocenters. The van der Waals surface area contributed by atoms with Gasteiger partial charge in [-0.3, -0.25) is 4.79 Å². The van der Waals surface area contributed by atoms with Crippen LogP contribution in [0.15, 0.2) is 48.5 Å². The van der Waals surface area contributed by atoms with Gasteiger partial charge in [-0.15, -0.1) is 0 Å². The van der Waals surface area contributed by atoms with Crippen LogP contribution in [0.2, 0.25) is 0 Å². The van der Waals surface area contributed by atoms with Gasteiger partial charge < -0.3 is 63.1 Å². The van der Waals surface area contributed by atoms with Crippen LogP contribution in [0.25, 0.3) is 11.1 Å². The molecule has 2 amide bonds. The Morgan fingerprint density at radius 3 is 1.28 bits per heavy atom. The number of carboxylic acids is 1. The second-order valence-corrected chi connectivity index (χ2v) is 11.4. The maximum absolute atomic E-state index is 12.2. The highest BCUT2D eigenvalue weighted by Gasteiger charge is 2.28. The molecule has 0 heterocycles. The summed E-state index contributed by atoms with van der Waals surface area (Å²) in [6.07, 6.45) is -0.463. The molecule has 1 aliphatic rings. The summed E-state index contributed by atoms with van der Waals surface area (Å²) in [5, 5.41) is 13.7. The van der Waals surface area contributed by atoms with Crippen LogP contribution in [0.1, 0.15) is 17.0 Å². The molecule has 53 heavy (non-hydrogen) atoms. The molecule has 0 aromatic heterocycles. The van der Waals surface area contributed by atoms with Gasteiger partial charge in [0, 0.05) is 19.0 Å². The molecule has 296 valence electrons. The molecule has 3 N–H and O–H groups in total. The van der Waals surface area contributed by atoms with Crippen LogP contribution in [0.4, 0.5) is 4.79 Å². The number of fused-ring (bicyclic) bond motifs is 3. The average Bonchev–Trinajstić information content (AvgIpc) is 3.48. The number of aliphatic carboxylic acids is 1. The Balaban J connectivity index is 0.965. The lowest BCUT2D eigenvalue weighted by Crippen LogP contribution is -2.31. The van der Waals surface area contributed by atoms with Crippen LogP contribution in [-0.2, 0) is 57.0 Å². The van der Waals surface area contributed by atoms with Gasteiger partial charge >= 0.3 is 12.1 Å². The Hall–Kier alpha value is -3.71. The number of benzene rings is 2. The van der Waals surface area contributed by atoms with E-state index >= 15 is 0 Å². The van der Waals surface area contributed by atoms with Gasteiger partial charge in [-0.2, -0.15) is 0 Å². The third kappa shape index (κ3) is 19.8. The summed E-state index contributed by atoms with van der Waals surface area (Å²) in [5.41, 5.74) is 4.74. The number of rotatable bonds is 33. The standard InChI is InChI=1S/C37H54N2O14/c40-35(28-52-29-36(41)42)38-9-11-44-13-15-46-17-19-48-21-23-50-25-26-51-24-22-49-20-18-47-16-14-45-12-10-39-37(43)53-27-34-32-7-3-1-5-30(32)31-6-2-4-8-33(31)34/h1-8,34H,9-29H2,(H,38,40)(H,39,43)(H,41,42). The van der Waals surface area contributed by atoms with Crippen molar-refractivity contribution in [1.82, 2.24) is 10.6 Å². The van der Waals surface area contributed by atoms with Crippen molar-refractivity contribution in [2.45, 2.75) is 5.92 Å². The van der Waals surface area contributed by atoms with Crippen LogP contribution in [0, 0.1) is 0 Å². The second-order valence-electron chi connectivity index (χ2n) is 11.4. The van der Waals surface area contributed by atoms with E-state index in [1.165, 1.54) is 22.3 Å². The van der Waals surface area contributed by atoms with E-state index in [0.717, 1.165) is 0 Å². The fourth-order valence-corrected chi connectivity index (χ4v) is 5.06. The number of ether oxygens (including phenoxy) is 10. The molecule has 16 nitrogen and oxygen atoms in total. The summed E-state index contributed by atoms with van der Waals surface area (Å²) in [5.74, 6) is -1.50. The fraction of sp³-hybridized carbons (Fsp3) is 0.595. The Morgan fingerprint density at radius 2 is 0.868 bits per heavy atom. The molecule has 0 bridgehead atoms. The molecule has 1 aliphatic carbocycles. The lowest BCUT2D eigenvalue weighted by Gasteiger charge is -2.14. The predicted octanol–water partition coefficient (Wildman–Crippen LogP) is 1.88. The van der Waals surface area contributed by atoms with E-state index in [2.05, 4.69) is 39.6 Å². The number of carbonyl (C=O) groups is 3. The van der Waals surface area contributed by atoms with Crippen molar-refractivity contribution < 1.29 is 66.9 Å². The van der Waals surface area contributed by atoms with Gasteiger partial charge in [0.05, 0.1) is 106 Å². The molecule has 0 atom stereocenters. The topological polar surface area (TPSA) is 188 Å². The Kier molecular flexibility index (Phi) is 23.7. The van der Waals surface area contributed by atoms with Gasteiger partial charge in [0.2, 0.25) is 5.91 Å². The number of amides is 2. The van der Waals surface area contributed by atoms with Gasteiger partial charge in [0.1, 0.15) is 19.8 Å². The van der Waals surface area contributed by atoms with E-state index in [-0.39, 0.29) is 19.1 Å². The molecule has 0 fully saturated rings. The zero-order valence-electron chi connectivity index (χ0n) is 30.3. The first-order chi connectivity index (χ1) is 26.1. The molecule has 2 aromatic rings. The SMILES string of the molecule is O=C(O)COCC(=O)NCCOCCOCCOCCOCCOCCOCCOCCOCCNC(=O)OCC1c2ccccc2-c2ccccc21. The summed E-state index contributed by atoms with van der Waals surface area (Å²) in [7, 11) is 0. The van der Waals surface area contributed by atoms with Crippen molar-refractivity contribution in [2.75, 3.05) is 139 Å². The van der Waals surface area contributed by atoms with E-state index in [0.29, 0.717) is 119 Å². The first-order valence-electron chi connectivity index (χ1n) is 17.8. The maximum Gasteiger partial charge on any atom is 0.407 e. The van der Waals surface area contributed by atoms with Crippen LogP contribution in [0.3, 0.4) is 0 Å². The van der Waals surface area contributed by atoms with Gasteiger partial charge in [-0.05, 0) is 22.3 Å². The maximum atomic E-state index is 12.2. The average molecular weight is 751 g/mol. The Morgan fingerprint density at radius 1 is 0.491 bits per heavy atom. The van der Waals surface area contributed by atoms with Crippen molar-refractivity contribution in [3.8, 4) is 11.1 Å². The molecule has 0 saturated heterocycles. The third-order valence-electron chi connectivity index (χ3n) is 7.49. The van der Waals surface area contributed by atoms with E-state index in [4.69, 9.17) is 47.7 Å². The summed E-state index contributed by atoms with van der Waals surface area (Å²) in [4.78, 5) is 33.9. The molecular weight excluding hydrogens is 696 g/mol. The van der Waals surface area contributed by atoms with Crippen molar-refractivity contribution in [2.24, 2.45) is 0 Å². The minimum Gasteiger partial charge on any atom is -0.480 e. The molecule has 2 aromatic carbocycles. The summed E-state index contributed by atoms with van der Waals surface area (Å²) in [6, 6.07) is 16.5. The molecule has 0 saturated carbocycles. The van der Waals surface area contributed by atoms with Gasteiger partial charge in [0.15, 0.2) is 0 Å². The molecular formula is C37H54N2O14. The van der Waals surface area contributed by atoms with Crippen molar-refractivity contribution >= 4 is 18.0 Å². The first-order valence-corrected chi connectivity index (χ1v) is 17.8. The molecule has 0 spiro atoms. The Labute approximate surface area is 310 Å². The summed E-state index contributed by atoms with van der Waals surface area (Å²) < 4.78 is 53.8. The highest BCUT2D eigenvalue weighted by molar-refractivity contribution is 5.79. The van der Waals surface area contributed by atoms with Gasteiger partial charge in [0.25, 0.3) is 0 Å². The number of carbonyl (C=O) groups excluding carboxylic acids is 2. The minimum atomic E-state index is -1.13. The molecule has 0 radical (unpaired) electrons. The highest BCUT2D eigenvalue weighted by Crippen LogP contribution is 2.44. The van der Waals surface area contributed by atoms with E-state index in [1.807, 2.05) is 24.3 Å². The normalized spacial score (nSPS) is 12.0. The smallest absolute Gasteiger partial charge is 0.407 e. The number of hydrogen-bond donors (Lipinski definition) is 3. The van der Waals surface area contributed by atoms with Crippen molar-refractivity contribution in [3.05, 3.63) is 59.7 Å². The Bertz CT molecular complexity index is 1250. The van der Waals surface area contributed by atoms with Crippen molar-refractivity contribution in [3.63, 3.8) is 0 Å². The first kappa shape index (κ1) is 43.7. The van der Waals surface area contributed by atoms with Crippen molar-refractivity contribution in [1.29, 1.82) is 0 Å². The number of hydrogen-bond acceptors (Lipinski definition) is 13. The zero-order valence-corrected chi connectivity index (χ0v) is 30.3. The van der Waals surface area contributed by atoms with E-state index in [9.17, 15) is 14.4 Å². The van der Waals surface area contributed by atoms with Crippen LogP contribution in [0.5, 0.6) is 0 Å². The second kappa shape index (κ2) is 28.7. The highest BCUT2D eigenvalue weighted by atomic mass is 16.6. The van der Waals surface area contributed by atoms with Crippen LogP contribution < -0.4 is 10.6 Å². The van der Waals surface area contributed by atoms with E-state index in [1.54, 1.807) is 0 Å². The lowest BCUT2D eigenvalue weighted by atomic mass is 9.98. The van der Waals surface area contributed by atoms with E-state index < -0.39 is 24.6 Å². The number of alkyl carbamates (subject to hydrolysis) is 1. The predicted molar refractivity (Wildman–Crippen MR) is 191 cm³/mol. The van der Waals surface area contributed by atoms with Crippen LogP contribution >= 0.6 is 0 Å². The van der Waals surface area contributed by atoms with Crippen LogP contribution in [-0.4, -0.2) is 162 Å². The third-order valence-corrected chi connectivity index (χ3v) is 7.49. The largest absolute Gasteiger partial charge is 0.480 e. The minimum absolute atomic E-state index is 0.0281. The number of carboxylic acid groups (broad SMARTS) is 1. The lowest BCUT2D eigenvalue weighted by molar-refractivity contribution is -0.143. The van der Waals surface area contributed by atoms with Gasteiger partial charge in [-0.25, -0.2) is 9.59 Å². The van der Waals surface area contributed by atoms with Gasteiger partial charge in [-0.1, -0.05) is 48.5 Å². The molecule has 16 heteroatoms. The number of nitrogens with one attached hydrogen (secondary N) is 2. The summed E-state index contributed by atoms with van der Waals surface area (Å²) >= 11 is 0. The summed E-state index contributed by atoms with van der Waals surface area (Å²) in [6.45, 7) is 6.85. The zero-order chi connectivity index (χ0) is 37.6. The fourth-order valence-electron chi connectivity index (χ4n) is 5.06. The molecule has 3 rings (SSSR count). The monoisotopic (exact) mass is 750 g/mol.